The number of rotatable bonds is 5. The van der Waals surface area contributed by atoms with Gasteiger partial charge >= 0.3 is 186 Å². The third kappa shape index (κ3) is 3.44. The van der Waals surface area contributed by atoms with Crippen LogP contribution < -0.4 is 14.6 Å². The van der Waals surface area contributed by atoms with Crippen LogP contribution >= 0.6 is 5.81 Å². The summed E-state index contributed by atoms with van der Waals surface area (Å²) in [6.45, 7) is 1.75. The van der Waals surface area contributed by atoms with Crippen LogP contribution in [-0.2, 0) is 13.1 Å². The van der Waals surface area contributed by atoms with E-state index in [0.717, 1.165) is 13.1 Å². The van der Waals surface area contributed by atoms with Gasteiger partial charge in [0.2, 0.25) is 0 Å². The molecule has 1 heterocycles. The molecular weight excluding hydrogens is 450 g/mol. The zero-order valence-electron chi connectivity index (χ0n) is 16.6. The van der Waals surface area contributed by atoms with Gasteiger partial charge in [-0.05, 0) is 0 Å². The van der Waals surface area contributed by atoms with Crippen LogP contribution in [0, 0.1) is 0 Å². The molecular formula is C26H23N2PSe. The maximum atomic E-state index is 3.72. The second-order valence-electron chi connectivity index (χ2n) is 7.45. The van der Waals surface area contributed by atoms with E-state index < -0.39 is 5.81 Å². The number of benzene rings is 4. The van der Waals surface area contributed by atoms with E-state index in [-0.39, 0.29) is 0 Å². The van der Waals surface area contributed by atoms with E-state index in [1.54, 1.807) is 0 Å². The molecule has 0 aromatic heterocycles. The van der Waals surface area contributed by atoms with Crippen LogP contribution in [0.15, 0.2) is 115 Å². The predicted octanol–water partition coefficient (Wildman–Crippen LogP) is 5.97. The van der Waals surface area contributed by atoms with Gasteiger partial charge in [0.25, 0.3) is 0 Å². The molecule has 0 aliphatic carbocycles. The van der Waals surface area contributed by atoms with Gasteiger partial charge < -0.3 is 0 Å². The van der Waals surface area contributed by atoms with Crippen LogP contribution in [0.5, 0.6) is 0 Å². The molecule has 0 unspecified atom stereocenters. The van der Waals surface area contributed by atoms with Gasteiger partial charge in [-0.3, -0.25) is 0 Å². The molecule has 0 radical (unpaired) electrons. The first-order chi connectivity index (χ1) is 14.8. The van der Waals surface area contributed by atoms with E-state index in [4.69, 9.17) is 0 Å². The average Bonchev–Trinajstić information content (AvgIpc) is 3.05. The minimum absolute atomic E-state index is 0.874. The van der Waals surface area contributed by atoms with Crippen molar-refractivity contribution in [3.05, 3.63) is 126 Å². The van der Waals surface area contributed by atoms with Crippen LogP contribution in [0.1, 0.15) is 11.1 Å². The Morgan fingerprint density at radius 2 is 0.867 bits per heavy atom. The summed E-state index contributed by atoms with van der Waals surface area (Å²) in [5, 5.41) is 1.35. The summed E-state index contributed by atoms with van der Waals surface area (Å²) in [4.78, 5) is 0. The molecule has 0 saturated heterocycles. The Morgan fingerprint density at radius 3 is 1.30 bits per heavy atom. The Kier molecular flexibility index (Phi) is 5.35. The van der Waals surface area contributed by atoms with Crippen molar-refractivity contribution in [2.24, 2.45) is 0 Å². The Hall–Kier alpha value is -2.57. The van der Waals surface area contributed by atoms with E-state index in [1.165, 1.54) is 27.8 Å². The second-order valence-corrected chi connectivity index (χ2v) is 13.2. The molecule has 4 heteroatoms. The van der Waals surface area contributed by atoms with Gasteiger partial charge in [0, 0.05) is 0 Å². The summed E-state index contributed by atoms with van der Waals surface area (Å²) in [6, 6.07) is 41.3. The molecule has 0 bridgehead atoms. The van der Waals surface area contributed by atoms with Crippen molar-refractivity contribution in [1.82, 2.24) is 0 Å². The monoisotopic (exact) mass is 474 g/mol. The molecule has 4 aromatic rings. The molecule has 0 N–H and O–H groups in total. The van der Waals surface area contributed by atoms with Crippen LogP contribution in [0.3, 0.4) is 0 Å². The minimum atomic E-state index is -1.96. The van der Waals surface area contributed by atoms with E-state index >= 15 is 0 Å². The zero-order valence-corrected chi connectivity index (χ0v) is 19.2. The fourth-order valence-corrected chi connectivity index (χ4v) is 9.71. The number of nitrogens with zero attached hydrogens (tertiary/aromatic N) is 2. The van der Waals surface area contributed by atoms with Crippen LogP contribution in [0.2, 0.25) is 0 Å². The molecule has 0 fully saturated rings. The molecule has 2 nitrogen and oxygen atoms in total. The molecule has 0 spiro atoms. The van der Waals surface area contributed by atoms with Crippen molar-refractivity contribution >= 4 is 37.6 Å². The van der Waals surface area contributed by atoms with Gasteiger partial charge in [0.1, 0.15) is 0 Å². The topological polar surface area (TPSA) is 6.48 Å². The van der Waals surface area contributed by atoms with Gasteiger partial charge in [-0.1, -0.05) is 0 Å². The third-order valence-electron chi connectivity index (χ3n) is 5.54. The number of hydrogen-bond donors (Lipinski definition) is 0. The van der Waals surface area contributed by atoms with E-state index in [2.05, 4.69) is 140 Å². The quantitative estimate of drug-likeness (QED) is 0.260. The van der Waals surface area contributed by atoms with Crippen LogP contribution in [-0.4, -0.2) is 15.1 Å². The molecule has 0 amide bonds. The Bertz CT molecular complexity index is 1110. The Labute approximate surface area is 186 Å². The molecule has 1 aliphatic rings. The first-order valence-corrected chi connectivity index (χ1v) is 14.1. The molecule has 148 valence electrons. The first kappa shape index (κ1) is 19.4. The molecule has 0 saturated carbocycles. The van der Waals surface area contributed by atoms with Crippen LogP contribution in [0.4, 0.5) is 11.4 Å². The van der Waals surface area contributed by atoms with E-state index in [0.29, 0.717) is 0 Å². The summed E-state index contributed by atoms with van der Waals surface area (Å²) in [5.74, 6) is -1.96. The van der Waals surface area contributed by atoms with E-state index in [9.17, 15) is 0 Å². The standard InChI is InChI=1S/C26H23N2PSe/c30-29(24-16-8-3-9-17-24)27(20-22-12-4-1-5-13-22)25-18-10-11-19-26(25)28(29)21-23-14-6-2-7-15-23/h1-19H,20-21H2. The van der Waals surface area contributed by atoms with Crippen molar-refractivity contribution < 1.29 is 0 Å². The summed E-state index contributed by atoms with van der Waals surface area (Å²) in [7, 11) is 0. The van der Waals surface area contributed by atoms with Crippen molar-refractivity contribution in [3.63, 3.8) is 0 Å². The molecule has 30 heavy (non-hydrogen) atoms. The van der Waals surface area contributed by atoms with Gasteiger partial charge in [0.15, 0.2) is 0 Å². The third-order valence-corrected chi connectivity index (χ3v) is 12.3. The van der Waals surface area contributed by atoms with Crippen molar-refractivity contribution in [2.45, 2.75) is 13.1 Å². The molecule has 0 atom stereocenters. The fourth-order valence-electron chi connectivity index (χ4n) is 4.10. The van der Waals surface area contributed by atoms with Gasteiger partial charge in [-0.15, -0.1) is 0 Å². The molecule has 4 aromatic carbocycles. The number of fused-ring (bicyclic) bond motifs is 1. The number of hydrogen-bond acceptors (Lipinski definition) is 2. The van der Waals surface area contributed by atoms with Gasteiger partial charge in [0.05, 0.1) is 0 Å². The summed E-state index contributed by atoms with van der Waals surface area (Å²) in [6.07, 6.45) is 0. The Balaban J connectivity index is 1.67. The van der Waals surface area contributed by atoms with Gasteiger partial charge in [-0.25, -0.2) is 0 Å². The second kappa shape index (κ2) is 8.28. The first-order valence-electron chi connectivity index (χ1n) is 10.2. The summed E-state index contributed by atoms with van der Waals surface area (Å²) >= 11 is 3.72. The van der Waals surface area contributed by atoms with Crippen LogP contribution in [0.25, 0.3) is 0 Å². The Morgan fingerprint density at radius 1 is 0.500 bits per heavy atom. The maximum absolute atomic E-state index is 3.72. The molecule has 1 aliphatic heterocycles. The van der Waals surface area contributed by atoms with Crippen molar-refractivity contribution in [3.8, 4) is 0 Å². The zero-order chi connectivity index (χ0) is 20.4. The molecule has 5 rings (SSSR count). The van der Waals surface area contributed by atoms with Gasteiger partial charge in [-0.2, -0.15) is 0 Å². The summed E-state index contributed by atoms with van der Waals surface area (Å²) < 4.78 is 5.21. The number of anilines is 2. The SMILES string of the molecule is [Se]=P1(c2ccccc2)N(Cc2ccccc2)c2ccccc2N1Cc1ccccc1. The van der Waals surface area contributed by atoms with Crippen molar-refractivity contribution in [1.29, 1.82) is 0 Å². The average molecular weight is 473 g/mol. The predicted molar refractivity (Wildman–Crippen MR) is 130 cm³/mol. The fraction of sp³-hybridized carbons (Fsp3) is 0.0769. The van der Waals surface area contributed by atoms with Crippen molar-refractivity contribution in [2.75, 3.05) is 9.34 Å². The number of para-hydroxylation sites is 2. The van der Waals surface area contributed by atoms with E-state index in [1.807, 2.05) is 0 Å². The summed E-state index contributed by atoms with van der Waals surface area (Å²) in [5.41, 5.74) is 5.25. The normalized spacial score (nSPS) is 14.5.